The summed E-state index contributed by atoms with van der Waals surface area (Å²) < 4.78 is 0. The van der Waals surface area contributed by atoms with Gasteiger partial charge in [-0.1, -0.05) is 60.2 Å². The second-order valence-electron chi connectivity index (χ2n) is 5.33. The SMILES string of the molecule is Cc1cccc(CCNC(=O)[C@@H](N)Cc2ccccc2)c1. The van der Waals surface area contributed by atoms with Crippen molar-refractivity contribution in [2.45, 2.75) is 25.8 Å². The Morgan fingerprint density at radius 3 is 2.52 bits per heavy atom. The molecular formula is C18H22N2O. The molecule has 0 radical (unpaired) electrons. The summed E-state index contributed by atoms with van der Waals surface area (Å²) >= 11 is 0. The third-order valence-corrected chi connectivity index (χ3v) is 3.43. The number of amides is 1. The van der Waals surface area contributed by atoms with Gasteiger partial charge in [-0.2, -0.15) is 0 Å². The van der Waals surface area contributed by atoms with Crippen LogP contribution in [0.5, 0.6) is 0 Å². The fourth-order valence-corrected chi connectivity index (χ4v) is 2.29. The van der Waals surface area contributed by atoms with Crippen molar-refractivity contribution < 1.29 is 4.79 Å². The minimum atomic E-state index is -0.495. The first kappa shape index (κ1) is 15.3. The van der Waals surface area contributed by atoms with Crippen LogP contribution in [0.2, 0.25) is 0 Å². The molecule has 21 heavy (non-hydrogen) atoms. The summed E-state index contributed by atoms with van der Waals surface area (Å²) in [5.74, 6) is -0.0912. The number of carbonyl (C=O) groups excluding carboxylic acids is 1. The first-order chi connectivity index (χ1) is 10.1. The van der Waals surface area contributed by atoms with E-state index in [0.29, 0.717) is 13.0 Å². The molecule has 3 N–H and O–H groups in total. The van der Waals surface area contributed by atoms with Crippen LogP contribution in [0.15, 0.2) is 54.6 Å². The van der Waals surface area contributed by atoms with Gasteiger partial charge in [0.05, 0.1) is 6.04 Å². The van der Waals surface area contributed by atoms with Gasteiger partial charge in [0.2, 0.25) is 5.91 Å². The molecule has 0 aliphatic rings. The van der Waals surface area contributed by atoms with Crippen molar-refractivity contribution in [2.24, 2.45) is 5.73 Å². The van der Waals surface area contributed by atoms with Crippen molar-refractivity contribution in [1.82, 2.24) is 5.32 Å². The Morgan fingerprint density at radius 1 is 1.10 bits per heavy atom. The highest BCUT2D eigenvalue weighted by atomic mass is 16.2. The van der Waals surface area contributed by atoms with Gasteiger partial charge in [-0.25, -0.2) is 0 Å². The number of aryl methyl sites for hydroxylation is 1. The molecule has 3 heteroatoms. The number of rotatable bonds is 6. The zero-order valence-electron chi connectivity index (χ0n) is 12.4. The minimum Gasteiger partial charge on any atom is -0.354 e. The summed E-state index contributed by atoms with van der Waals surface area (Å²) in [4.78, 5) is 12.0. The second kappa shape index (κ2) is 7.60. The minimum absolute atomic E-state index is 0.0912. The largest absolute Gasteiger partial charge is 0.354 e. The molecule has 0 saturated heterocycles. The Balaban J connectivity index is 1.76. The number of carbonyl (C=O) groups is 1. The van der Waals surface area contributed by atoms with E-state index in [4.69, 9.17) is 5.73 Å². The van der Waals surface area contributed by atoms with E-state index in [0.717, 1.165) is 12.0 Å². The van der Waals surface area contributed by atoms with Crippen molar-refractivity contribution in [3.8, 4) is 0 Å². The van der Waals surface area contributed by atoms with Gasteiger partial charge in [-0.05, 0) is 30.9 Å². The molecule has 1 atom stereocenters. The number of benzene rings is 2. The van der Waals surface area contributed by atoms with Crippen molar-refractivity contribution in [3.05, 3.63) is 71.3 Å². The maximum absolute atomic E-state index is 12.0. The Hall–Kier alpha value is -2.13. The van der Waals surface area contributed by atoms with Gasteiger partial charge >= 0.3 is 0 Å². The van der Waals surface area contributed by atoms with Crippen LogP contribution in [0.4, 0.5) is 0 Å². The van der Waals surface area contributed by atoms with Gasteiger partial charge in [0.15, 0.2) is 0 Å². The second-order valence-corrected chi connectivity index (χ2v) is 5.33. The summed E-state index contributed by atoms with van der Waals surface area (Å²) in [5, 5.41) is 2.91. The Labute approximate surface area is 126 Å². The summed E-state index contributed by atoms with van der Waals surface area (Å²) in [6, 6.07) is 17.7. The van der Waals surface area contributed by atoms with E-state index in [1.54, 1.807) is 0 Å². The van der Waals surface area contributed by atoms with Gasteiger partial charge in [-0.15, -0.1) is 0 Å². The van der Waals surface area contributed by atoms with Crippen molar-refractivity contribution in [2.75, 3.05) is 6.54 Å². The van der Waals surface area contributed by atoms with E-state index in [2.05, 4.69) is 30.4 Å². The first-order valence-corrected chi connectivity index (χ1v) is 7.28. The van der Waals surface area contributed by atoms with Gasteiger partial charge < -0.3 is 11.1 Å². The van der Waals surface area contributed by atoms with Crippen molar-refractivity contribution in [3.63, 3.8) is 0 Å². The Kier molecular flexibility index (Phi) is 5.52. The average molecular weight is 282 g/mol. The molecule has 0 bridgehead atoms. The van der Waals surface area contributed by atoms with E-state index in [1.807, 2.05) is 36.4 Å². The predicted octanol–water partition coefficient (Wildman–Crippen LogP) is 2.22. The molecule has 0 saturated carbocycles. The van der Waals surface area contributed by atoms with Gasteiger partial charge in [0.1, 0.15) is 0 Å². The molecule has 2 rings (SSSR count). The number of hydrogen-bond donors (Lipinski definition) is 2. The maximum Gasteiger partial charge on any atom is 0.237 e. The maximum atomic E-state index is 12.0. The van der Waals surface area contributed by atoms with E-state index >= 15 is 0 Å². The topological polar surface area (TPSA) is 55.1 Å². The Bertz CT molecular complexity index is 581. The number of nitrogens with two attached hydrogens (primary N) is 1. The average Bonchev–Trinajstić information content (AvgIpc) is 2.48. The van der Waals surface area contributed by atoms with E-state index in [-0.39, 0.29) is 5.91 Å². The first-order valence-electron chi connectivity index (χ1n) is 7.28. The van der Waals surface area contributed by atoms with E-state index in [9.17, 15) is 4.79 Å². The van der Waals surface area contributed by atoms with Crippen LogP contribution in [0.3, 0.4) is 0 Å². The third kappa shape index (κ3) is 5.04. The summed E-state index contributed by atoms with van der Waals surface area (Å²) in [5.41, 5.74) is 9.49. The summed E-state index contributed by atoms with van der Waals surface area (Å²) in [7, 11) is 0. The summed E-state index contributed by atoms with van der Waals surface area (Å²) in [6.07, 6.45) is 1.39. The van der Waals surface area contributed by atoms with Crippen molar-refractivity contribution in [1.29, 1.82) is 0 Å². The molecular weight excluding hydrogens is 260 g/mol. The van der Waals surface area contributed by atoms with Crippen LogP contribution in [-0.4, -0.2) is 18.5 Å². The zero-order chi connectivity index (χ0) is 15.1. The highest BCUT2D eigenvalue weighted by Crippen LogP contribution is 2.04. The fourth-order valence-electron chi connectivity index (χ4n) is 2.29. The van der Waals surface area contributed by atoms with Crippen LogP contribution in [0, 0.1) is 6.92 Å². The quantitative estimate of drug-likeness (QED) is 0.853. The normalized spacial score (nSPS) is 11.9. The van der Waals surface area contributed by atoms with Crippen LogP contribution >= 0.6 is 0 Å². The number of nitrogens with one attached hydrogen (secondary N) is 1. The van der Waals surface area contributed by atoms with Gasteiger partial charge in [-0.3, -0.25) is 4.79 Å². The van der Waals surface area contributed by atoms with Crippen LogP contribution in [-0.2, 0) is 17.6 Å². The highest BCUT2D eigenvalue weighted by molar-refractivity contribution is 5.81. The smallest absolute Gasteiger partial charge is 0.237 e. The standard InChI is InChI=1S/C18H22N2O/c1-14-6-5-9-16(12-14)10-11-20-18(21)17(19)13-15-7-3-2-4-8-15/h2-9,12,17H,10-11,13,19H2,1H3,(H,20,21)/t17-/m0/s1. The van der Waals surface area contributed by atoms with E-state index in [1.165, 1.54) is 11.1 Å². The van der Waals surface area contributed by atoms with E-state index < -0.39 is 6.04 Å². The van der Waals surface area contributed by atoms with Crippen LogP contribution in [0.25, 0.3) is 0 Å². The molecule has 2 aromatic carbocycles. The molecule has 0 heterocycles. The van der Waals surface area contributed by atoms with Crippen LogP contribution in [0.1, 0.15) is 16.7 Å². The molecule has 0 aliphatic heterocycles. The van der Waals surface area contributed by atoms with Crippen LogP contribution < -0.4 is 11.1 Å². The molecule has 1 amide bonds. The zero-order valence-corrected chi connectivity index (χ0v) is 12.4. The Morgan fingerprint density at radius 2 is 1.81 bits per heavy atom. The molecule has 0 aromatic heterocycles. The molecule has 110 valence electrons. The highest BCUT2D eigenvalue weighted by Gasteiger charge is 2.13. The predicted molar refractivity (Wildman–Crippen MR) is 86.0 cm³/mol. The third-order valence-electron chi connectivity index (χ3n) is 3.43. The molecule has 0 fully saturated rings. The lowest BCUT2D eigenvalue weighted by molar-refractivity contribution is -0.122. The number of hydrogen-bond acceptors (Lipinski definition) is 2. The lowest BCUT2D eigenvalue weighted by Gasteiger charge is -2.12. The monoisotopic (exact) mass is 282 g/mol. The molecule has 0 unspecified atom stereocenters. The van der Waals surface area contributed by atoms with Gasteiger partial charge in [0, 0.05) is 6.54 Å². The fraction of sp³-hybridized carbons (Fsp3) is 0.278. The molecule has 0 spiro atoms. The lowest BCUT2D eigenvalue weighted by Crippen LogP contribution is -2.42. The lowest BCUT2D eigenvalue weighted by atomic mass is 10.1. The molecule has 3 nitrogen and oxygen atoms in total. The molecule has 2 aromatic rings. The summed E-state index contributed by atoms with van der Waals surface area (Å²) in [6.45, 7) is 2.68. The van der Waals surface area contributed by atoms with Gasteiger partial charge in [0.25, 0.3) is 0 Å². The van der Waals surface area contributed by atoms with Crippen molar-refractivity contribution >= 4 is 5.91 Å². The molecule has 0 aliphatic carbocycles.